The van der Waals surface area contributed by atoms with Crippen molar-refractivity contribution < 1.29 is 9.53 Å². The number of nitrogens with zero attached hydrogens (tertiary/aromatic N) is 2. The highest BCUT2D eigenvalue weighted by Gasteiger charge is 2.31. The van der Waals surface area contributed by atoms with Crippen molar-refractivity contribution in [1.82, 2.24) is 20.5 Å². The zero-order valence-corrected chi connectivity index (χ0v) is 14.2. The molecule has 128 valence electrons. The molecule has 2 heterocycles. The zero-order chi connectivity index (χ0) is 17.0. The van der Waals surface area contributed by atoms with Crippen LogP contribution in [-0.2, 0) is 16.0 Å². The Kier molecular flexibility index (Phi) is 5.06. The quantitative estimate of drug-likeness (QED) is 0.849. The van der Waals surface area contributed by atoms with Gasteiger partial charge in [-0.15, -0.1) is 0 Å². The van der Waals surface area contributed by atoms with E-state index in [-0.39, 0.29) is 12.2 Å². The van der Waals surface area contributed by atoms with E-state index in [0.717, 1.165) is 31.6 Å². The standard InChI is InChI=1S/C18H24N4O2/c1-18(2,20-14-8-10-24-11-9-14)15(23)12-16-19-17(22-21-16)13-6-4-3-5-7-13/h3-7,14,20H,8-12H2,1-2H3,(H,19,21,22). The molecule has 3 rings (SSSR count). The van der Waals surface area contributed by atoms with Crippen LogP contribution < -0.4 is 5.32 Å². The molecule has 1 aliphatic heterocycles. The molecule has 1 aromatic heterocycles. The molecule has 6 nitrogen and oxygen atoms in total. The number of nitrogens with one attached hydrogen (secondary N) is 2. The minimum atomic E-state index is -0.596. The lowest BCUT2D eigenvalue weighted by Crippen LogP contribution is -2.53. The fourth-order valence-electron chi connectivity index (χ4n) is 2.90. The first-order valence-corrected chi connectivity index (χ1v) is 8.40. The van der Waals surface area contributed by atoms with Crippen molar-refractivity contribution in [3.8, 4) is 11.4 Å². The van der Waals surface area contributed by atoms with E-state index in [9.17, 15) is 4.79 Å². The number of carbonyl (C=O) groups excluding carboxylic acids is 1. The second-order valence-corrected chi connectivity index (χ2v) is 6.73. The maximum Gasteiger partial charge on any atom is 0.181 e. The molecule has 2 N–H and O–H groups in total. The summed E-state index contributed by atoms with van der Waals surface area (Å²) in [6, 6.07) is 10.1. The van der Waals surface area contributed by atoms with Crippen LogP contribution in [0.25, 0.3) is 11.4 Å². The van der Waals surface area contributed by atoms with Crippen molar-refractivity contribution in [2.45, 2.75) is 44.7 Å². The normalized spacial score (nSPS) is 16.2. The Morgan fingerprint density at radius 2 is 2.00 bits per heavy atom. The number of aromatic nitrogens is 3. The topological polar surface area (TPSA) is 79.9 Å². The van der Waals surface area contributed by atoms with Gasteiger partial charge in [-0.1, -0.05) is 30.3 Å². The number of hydrogen-bond donors (Lipinski definition) is 2. The summed E-state index contributed by atoms with van der Waals surface area (Å²) in [7, 11) is 0. The lowest BCUT2D eigenvalue weighted by molar-refractivity contribution is -0.124. The predicted molar refractivity (Wildman–Crippen MR) is 91.6 cm³/mol. The van der Waals surface area contributed by atoms with Gasteiger partial charge >= 0.3 is 0 Å². The first-order valence-electron chi connectivity index (χ1n) is 8.40. The van der Waals surface area contributed by atoms with E-state index in [1.807, 2.05) is 44.2 Å². The van der Waals surface area contributed by atoms with Crippen molar-refractivity contribution in [2.75, 3.05) is 13.2 Å². The summed E-state index contributed by atoms with van der Waals surface area (Å²) in [5, 5.41) is 10.6. The number of ketones is 1. The summed E-state index contributed by atoms with van der Waals surface area (Å²) < 4.78 is 5.37. The molecule has 0 spiro atoms. The molecular formula is C18H24N4O2. The van der Waals surface area contributed by atoms with Gasteiger partial charge in [0.05, 0.1) is 12.0 Å². The Bertz CT molecular complexity index is 675. The number of benzene rings is 1. The second-order valence-electron chi connectivity index (χ2n) is 6.73. The van der Waals surface area contributed by atoms with E-state index >= 15 is 0 Å². The zero-order valence-electron chi connectivity index (χ0n) is 14.2. The largest absolute Gasteiger partial charge is 0.381 e. The third-order valence-electron chi connectivity index (χ3n) is 4.38. The smallest absolute Gasteiger partial charge is 0.181 e. The Morgan fingerprint density at radius 3 is 2.71 bits per heavy atom. The molecule has 0 radical (unpaired) electrons. The van der Waals surface area contributed by atoms with Crippen LogP contribution in [0.2, 0.25) is 0 Å². The first kappa shape index (κ1) is 16.8. The van der Waals surface area contributed by atoms with E-state index in [2.05, 4.69) is 20.5 Å². The maximum atomic E-state index is 12.7. The number of aromatic amines is 1. The Labute approximate surface area is 142 Å². The third-order valence-corrected chi connectivity index (χ3v) is 4.38. The molecule has 0 atom stereocenters. The van der Waals surface area contributed by atoms with E-state index in [0.29, 0.717) is 17.7 Å². The van der Waals surface area contributed by atoms with Crippen LogP contribution in [0.15, 0.2) is 30.3 Å². The van der Waals surface area contributed by atoms with Crippen LogP contribution in [0.1, 0.15) is 32.5 Å². The monoisotopic (exact) mass is 328 g/mol. The summed E-state index contributed by atoms with van der Waals surface area (Å²) in [4.78, 5) is 17.1. The molecule has 6 heteroatoms. The van der Waals surface area contributed by atoms with Crippen molar-refractivity contribution in [3.63, 3.8) is 0 Å². The van der Waals surface area contributed by atoms with E-state index in [1.165, 1.54) is 0 Å². The third kappa shape index (κ3) is 4.07. The van der Waals surface area contributed by atoms with Gasteiger partial charge in [0.1, 0.15) is 5.82 Å². The number of ether oxygens (including phenoxy) is 1. The van der Waals surface area contributed by atoms with Gasteiger partial charge in [-0.05, 0) is 26.7 Å². The summed E-state index contributed by atoms with van der Waals surface area (Å²) >= 11 is 0. The molecule has 1 aromatic carbocycles. The van der Waals surface area contributed by atoms with Crippen LogP contribution in [-0.4, -0.2) is 45.8 Å². The number of rotatable bonds is 6. The average molecular weight is 328 g/mol. The van der Waals surface area contributed by atoms with Crippen molar-refractivity contribution in [3.05, 3.63) is 36.2 Å². The summed E-state index contributed by atoms with van der Waals surface area (Å²) in [5.41, 5.74) is 0.342. The van der Waals surface area contributed by atoms with Crippen molar-refractivity contribution in [2.24, 2.45) is 0 Å². The molecule has 24 heavy (non-hydrogen) atoms. The Morgan fingerprint density at radius 1 is 1.29 bits per heavy atom. The van der Waals surface area contributed by atoms with Crippen LogP contribution in [0, 0.1) is 0 Å². The van der Waals surface area contributed by atoms with Crippen molar-refractivity contribution >= 4 is 5.78 Å². The van der Waals surface area contributed by atoms with Gasteiger partial charge in [0.25, 0.3) is 0 Å². The highest BCUT2D eigenvalue weighted by Crippen LogP contribution is 2.17. The minimum absolute atomic E-state index is 0.102. The summed E-state index contributed by atoms with van der Waals surface area (Å²) in [6.45, 7) is 5.37. The summed E-state index contributed by atoms with van der Waals surface area (Å²) in [6.07, 6.45) is 2.12. The number of H-pyrrole nitrogens is 1. The van der Waals surface area contributed by atoms with E-state index in [4.69, 9.17) is 4.74 Å². The molecule has 0 bridgehead atoms. The average Bonchev–Trinajstić information content (AvgIpc) is 3.05. The highest BCUT2D eigenvalue weighted by molar-refractivity contribution is 5.89. The van der Waals surface area contributed by atoms with Crippen LogP contribution >= 0.6 is 0 Å². The molecule has 2 aromatic rings. The molecule has 0 unspecified atom stereocenters. The van der Waals surface area contributed by atoms with Gasteiger partial charge in [0.15, 0.2) is 11.6 Å². The number of hydrogen-bond acceptors (Lipinski definition) is 5. The lowest BCUT2D eigenvalue weighted by atomic mass is 9.93. The van der Waals surface area contributed by atoms with Gasteiger partial charge in [-0.2, -0.15) is 5.10 Å². The highest BCUT2D eigenvalue weighted by atomic mass is 16.5. The van der Waals surface area contributed by atoms with Gasteiger partial charge in [0, 0.05) is 24.8 Å². The van der Waals surface area contributed by atoms with Gasteiger partial charge in [0.2, 0.25) is 0 Å². The molecule has 1 fully saturated rings. The minimum Gasteiger partial charge on any atom is -0.381 e. The van der Waals surface area contributed by atoms with E-state index in [1.54, 1.807) is 0 Å². The SMILES string of the molecule is CC(C)(NC1CCOCC1)C(=O)Cc1nc(-c2ccccc2)n[nH]1. The number of carbonyl (C=O) groups is 1. The Hall–Kier alpha value is -2.05. The first-order chi connectivity index (χ1) is 11.5. The van der Waals surface area contributed by atoms with Gasteiger partial charge in [-0.25, -0.2) is 4.98 Å². The molecule has 1 saturated heterocycles. The number of Topliss-reactive ketones (excluding diaryl/α,β-unsaturated/α-hetero) is 1. The van der Waals surface area contributed by atoms with E-state index < -0.39 is 5.54 Å². The molecule has 0 saturated carbocycles. The summed E-state index contributed by atoms with van der Waals surface area (Å²) in [5.74, 6) is 1.32. The molecule has 0 amide bonds. The van der Waals surface area contributed by atoms with Crippen molar-refractivity contribution in [1.29, 1.82) is 0 Å². The second kappa shape index (κ2) is 7.23. The fourth-order valence-corrected chi connectivity index (χ4v) is 2.90. The fraction of sp³-hybridized carbons (Fsp3) is 0.500. The molecule has 0 aliphatic carbocycles. The maximum absolute atomic E-state index is 12.7. The molecule has 1 aliphatic rings. The van der Waals surface area contributed by atoms with Crippen LogP contribution in [0.4, 0.5) is 0 Å². The lowest BCUT2D eigenvalue weighted by Gasteiger charge is -2.32. The van der Waals surface area contributed by atoms with Gasteiger partial charge in [-0.3, -0.25) is 9.89 Å². The molecular weight excluding hydrogens is 304 g/mol. The van der Waals surface area contributed by atoms with Crippen LogP contribution in [0.3, 0.4) is 0 Å². The van der Waals surface area contributed by atoms with Gasteiger partial charge < -0.3 is 10.1 Å². The predicted octanol–water partition coefficient (Wildman–Crippen LogP) is 2.13. The van der Waals surface area contributed by atoms with Crippen LogP contribution in [0.5, 0.6) is 0 Å². The Balaban J connectivity index is 1.62.